The molecule has 1 N–H and O–H groups in total. The second kappa shape index (κ2) is 6.53. The van der Waals surface area contributed by atoms with Crippen LogP contribution in [0.15, 0.2) is 10.3 Å². The highest BCUT2D eigenvalue weighted by atomic mass is 32.2. The van der Waals surface area contributed by atoms with Crippen molar-refractivity contribution in [3.05, 3.63) is 16.5 Å². The minimum Gasteiger partial charge on any atom is -0.384 e. The summed E-state index contributed by atoms with van der Waals surface area (Å²) < 4.78 is 32.4. The summed E-state index contributed by atoms with van der Waals surface area (Å²) in [5.74, 6) is 0.313. The molecule has 0 spiro atoms. The van der Waals surface area contributed by atoms with Crippen LogP contribution in [0, 0.1) is 12.8 Å². The first-order chi connectivity index (χ1) is 9.48. The van der Waals surface area contributed by atoms with Gasteiger partial charge >= 0.3 is 0 Å². The smallest absolute Gasteiger partial charge is 0.252 e. The van der Waals surface area contributed by atoms with Crippen molar-refractivity contribution >= 4 is 21.4 Å². The molecular weight excluding hydrogens is 296 g/mol. The maximum atomic E-state index is 12.6. The molecule has 114 valence electrons. The third-order valence-corrected chi connectivity index (χ3v) is 7.13. The van der Waals surface area contributed by atoms with Gasteiger partial charge in [-0.3, -0.25) is 0 Å². The van der Waals surface area contributed by atoms with Crippen LogP contribution in [0.2, 0.25) is 0 Å². The van der Waals surface area contributed by atoms with Crippen molar-refractivity contribution in [1.29, 1.82) is 0 Å². The Morgan fingerprint density at radius 3 is 2.95 bits per heavy atom. The fourth-order valence-electron chi connectivity index (χ4n) is 2.47. The lowest BCUT2D eigenvalue weighted by Gasteiger charge is -2.15. The van der Waals surface area contributed by atoms with E-state index in [0.717, 1.165) is 16.9 Å². The Morgan fingerprint density at radius 2 is 2.30 bits per heavy atom. The van der Waals surface area contributed by atoms with Crippen molar-refractivity contribution in [2.45, 2.75) is 24.1 Å². The van der Waals surface area contributed by atoms with Crippen LogP contribution < -0.4 is 5.32 Å². The van der Waals surface area contributed by atoms with Gasteiger partial charge in [0.2, 0.25) is 0 Å². The zero-order chi connectivity index (χ0) is 14.8. The van der Waals surface area contributed by atoms with E-state index >= 15 is 0 Å². The van der Waals surface area contributed by atoms with Gasteiger partial charge in [-0.15, -0.1) is 11.3 Å². The van der Waals surface area contributed by atoms with Crippen LogP contribution in [0.5, 0.6) is 0 Å². The molecule has 1 fully saturated rings. The zero-order valence-electron chi connectivity index (χ0n) is 12.2. The van der Waals surface area contributed by atoms with E-state index in [2.05, 4.69) is 5.32 Å². The van der Waals surface area contributed by atoms with Crippen LogP contribution in [-0.4, -0.2) is 46.6 Å². The Bertz CT molecular complexity index is 554. The molecule has 1 aromatic rings. The highest BCUT2D eigenvalue weighted by Crippen LogP contribution is 2.31. The normalized spacial score (nSPS) is 20.6. The molecule has 0 amide bonds. The maximum absolute atomic E-state index is 12.6. The summed E-state index contributed by atoms with van der Waals surface area (Å²) in [6.07, 6.45) is 0.876. The van der Waals surface area contributed by atoms with E-state index in [1.165, 1.54) is 11.3 Å². The second-order valence-electron chi connectivity index (χ2n) is 5.18. The van der Waals surface area contributed by atoms with Crippen molar-refractivity contribution in [2.75, 3.05) is 33.9 Å². The first kappa shape index (κ1) is 15.9. The first-order valence-electron chi connectivity index (χ1n) is 6.72. The molecule has 2 heterocycles. The van der Waals surface area contributed by atoms with E-state index in [1.807, 2.05) is 14.0 Å². The number of nitrogens with zero attached hydrogens (tertiary/aromatic N) is 1. The molecule has 0 aromatic carbocycles. The topological polar surface area (TPSA) is 58.6 Å². The lowest BCUT2D eigenvalue weighted by molar-refractivity contribution is 0.157. The fourth-order valence-corrected chi connectivity index (χ4v) is 5.75. The van der Waals surface area contributed by atoms with Crippen LogP contribution in [0.4, 0.5) is 0 Å². The number of nitrogens with one attached hydrogen (secondary N) is 1. The van der Waals surface area contributed by atoms with Crippen molar-refractivity contribution in [1.82, 2.24) is 9.62 Å². The molecule has 2 rings (SSSR count). The van der Waals surface area contributed by atoms with E-state index in [0.29, 0.717) is 36.4 Å². The molecule has 0 saturated carbocycles. The summed E-state index contributed by atoms with van der Waals surface area (Å²) in [6, 6.07) is 1.79. The molecule has 1 saturated heterocycles. The van der Waals surface area contributed by atoms with E-state index in [9.17, 15) is 8.42 Å². The van der Waals surface area contributed by atoms with Gasteiger partial charge in [0.15, 0.2) is 0 Å². The van der Waals surface area contributed by atoms with Gasteiger partial charge < -0.3 is 10.1 Å². The number of ether oxygens (including phenoxy) is 1. The predicted molar refractivity (Wildman–Crippen MR) is 80.6 cm³/mol. The van der Waals surface area contributed by atoms with E-state index in [4.69, 9.17) is 4.74 Å². The van der Waals surface area contributed by atoms with Gasteiger partial charge in [0.25, 0.3) is 10.0 Å². The molecule has 7 heteroatoms. The first-order valence-corrected chi connectivity index (χ1v) is 8.97. The molecule has 20 heavy (non-hydrogen) atoms. The van der Waals surface area contributed by atoms with Gasteiger partial charge in [-0.05, 0) is 37.9 Å². The number of thiophene rings is 1. The van der Waals surface area contributed by atoms with E-state index in [-0.39, 0.29) is 0 Å². The average molecular weight is 318 g/mol. The van der Waals surface area contributed by atoms with Gasteiger partial charge in [-0.1, -0.05) is 0 Å². The van der Waals surface area contributed by atoms with Gasteiger partial charge in [-0.25, -0.2) is 8.42 Å². The summed E-state index contributed by atoms with van der Waals surface area (Å²) in [5, 5.41) is 3.07. The number of hydrogen-bond donors (Lipinski definition) is 1. The molecule has 1 aliphatic rings. The lowest BCUT2D eigenvalue weighted by Crippen LogP contribution is -2.28. The summed E-state index contributed by atoms with van der Waals surface area (Å²) in [4.78, 5) is 1.08. The average Bonchev–Trinajstić information content (AvgIpc) is 2.99. The van der Waals surface area contributed by atoms with Gasteiger partial charge in [0.05, 0.1) is 6.61 Å². The van der Waals surface area contributed by atoms with E-state index < -0.39 is 10.0 Å². The van der Waals surface area contributed by atoms with Crippen LogP contribution in [0.25, 0.3) is 0 Å². The van der Waals surface area contributed by atoms with Crippen molar-refractivity contribution < 1.29 is 13.2 Å². The number of methoxy groups -OCH3 is 1. The molecular formula is C13H22N2O3S2. The Morgan fingerprint density at radius 1 is 1.55 bits per heavy atom. The number of aryl methyl sites for hydroxylation is 1. The Labute approximate surface area is 125 Å². The van der Waals surface area contributed by atoms with Crippen molar-refractivity contribution in [3.8, 4) is 0 Å². The van der Waals surface area contributed by atoms with Crippen LogP contribution in [0.1, 0.15) is 16.9 Å². The van der Waals surface area contributed by atoms with Gasteiger partial charge in [-0.2, -0.15) is 4.31 Å². The SMILES string of the molecule is CNCc1sc(S(=O)(=O)N2CCC(COC)C2)cc1C. The van der Waals surface area contributed by atoms with Gasteiger partial charge in [0.1, 0.15) is 4.21 Å². The molecule has 1 atom stereocenters. The number of rotatable bonds is 6. The number of sulfonamides is 1. The predicted octanol–water partition coefficient (Wildman–Crippen LogP) is 1.43. The summed E-state index contributed by atoms with van der Waals surface area (Å²) in [6.45, 7) is 4.45. The summed E-state index contributed by atoms with van der Waals surface area (Å²) >= 11 is 1.37. The summed E-state index contributed by atoms with van der Waals surface area (Å²) in [5.41, 5.74) is 1.04. The molecule has 0 radical (unpaired) electrons. The molecule has 0 aliphatic carbocycles. The fraction of sp³-hybridized carbons (Fsp3) is 0.692. The summed E-state index contributed by atoms with van der Waals surface area (Å²) in [7, 11) is 0.179. The second-order valence-corrected chi connectivity index (χ2v) is 8.48. The van der Waals surface area contributed by atoms with E-state index in [1.54, 1.807) is 17.5 Å². The molecule has 1 unspecified atom stereocenters. The Balaban J connectivity index is 2.16. The van der Waals surface area contributed by atoms with Gasteiger partial charge in [0, 0.05) is 31.6 Å². The Hall–Kier alpha value is -0.470. The number of hydrogen-bond acceptors (Lipinski definition) is 5. The zero-order valence-corrected chi connectivity index (χ0v) is 13.8. The van der Waals surface area contributed by atoms with Crippen LogP contribution in [-0.2, 0) is 21.3 Å². The third-order valence-electron chi connectivity index (χ3n) is 3.58. The van der Waals surface area contributed by atoms with Crippen LogP contribution >= 0.6 is 11.3 Å². The minimum absolute atomic E-state index is 0.313. The molecule has 5 nitrogen and oxygen atoms in total. The van der Waals surface area contributed by atoms with Crippen LogP contribution in [0.3, 0.4) is 0 Å². The highest BCUT2D eigenvalue weighted by Gasteiger charge is 2.33. The highest BCUT2D eigenvalue weighted by molar-refractivity contribution is 7.91. The van der Waals surface area contributed by atoms with Crippen molar-refractivity contribution in [3.63, 3.8) is 0 Å². The minimum atomic E-state index is -3.34. The quantitative estimate of drug-likeness (QED) is 0.862. The maximum Gasteiger partial charge on any atom is 0.252 e. The Kier molecular flexibility index (Phi) is 5.19. The molecule has 0 bridgehead atoms. The lowest BCUT2D eigenvalue weighted by atomic mass is 10.1. The monoisotopic (exact) mass is 318 g/mol. The third kappa shape index (κ3) is 3.23. The standard InChI is InChI=1S/C13H22N2O3S2/c1-10-6-13(19-12(10)7-14-2)20(16,17)15-5-4-11(8-15)9-18-3/h6,11,14H,4-5,7-9H2,1-3H3. The van der Waals surface area contributed by atoms with Crippen molar-refractivity contribution in [2.24, 2.45) is 5.92 Å². The molecule has 1 aromatic heterocycles. The largest absolute Gasteiger partial charge is 0.384 e. The molecule has 1 aliphatic heterocycles.